The van der Waals surface area contributed by atoms with Crippen LogP contribution < -0.4 is 21.3 Å². The van der Waals surface area contributed by atoms with Gasteiger partial charge < -0.3 is 31.5 Å². The van der Waals surface area contributed by atoms with Crippen molar-refractivity contribution in [1.29, 1.82) is 0 Å². The highest BCUT2D eigenvalue weighted by molar-refractivity contribution is 6.33. The topological polar surface area (TPSA) is 243 Å². The van der Waals surface area contributed by atoms with Crippen LogP contribution in [0, 0.1) is 32.8 Å². The maximum Gasteiger partial charge on any atom is 0.323 e. The molecular formula is C32H35ClN6O10. The Bertz CT molecular complexity index is 1900. The van der Waals surface area contributed by atoms with Crippen molar-refractivity contribution in [3.63, 3.8) is 0 Å². The van der Waals surface area contributed by atoms with Gasteiger partial charge in [-0.25, -0.2) is 4.79 Å². The van der Waals surface area contributed by atoms with Crippen molar-refractivity contribution in [3.05, 3.63) is 50.5 Å². The van der Waals surface area contributed by atoms with E-state index in [0.717, 1.165) is 6.07 Å². The van der Waals surface area contributed by atoms with E-state index in [9.17, 15) is 49.1 Å². The molecule has 49 heavy (non-hydrogen) atoms. The number of ketones is 4. The summed E-state index contributed by atoms with van der Waals surface area (Å²) in [6.07, 6.45) is -0.234. The number of hydrogen-bond donors (Lipinski definition) is 5. The number of aliphatic hydroxyl groups is 1. The van der Waals surface area contributed by atoms with E-state index in [0.29, 0.717) is 11.3 Å². The minimum atomic E-state index is -2.98. The number of phenolic OH excluding ortho intramolecular Hbond substituents is 1. The highest BCUT2D eigenvalue weighted by Gasteiger charge is 2.76. The lowest BCUT2D eigenvalue weighted by atomic mass is 9.42. The van der Waals surface area contributed by atoms with Crippen LogP contribution in [-0.4, -0.2) is 94.9 Å². The number of primary amides is 1. The van der Waals surface area contributed by atoms with E-state index < -0.39 is 85.7 Å². The van der Waals surface area contributed by atoms with Crippen molar-refractivity contribution in [2.45, 2.75) is 38.3 Å². The van der Waals surface area contributed by atoms with Crippen LogP contribution >= 0.6 is 11.6 Å². The number of anilines is 3. The van der Waals surface area contributed by atoms with Gasteiger partial charge in [0.15, 0.2) is 34.7 Å². The van der Waals surface area contributed by atoms with Gasteiger partial charge in [-0.2, -0.15) is 0 Å². The molecule has 17 heteroatoms. The van der Waals surface area contributed by atoms with Gasteiger partial charge in [0.25, 0.3) is 5.69 Å². The number of nitro benzene ring substituents is 1. The van der Waals surface area contributed by atoms with Gasteiger partial charge in [0.2, 0.25) is 5.91 Å². The van der Waals surface area contributed by atoms with E-state index in [1.54, 1.807) is 25.9 Å². The second-order valence-electron chi connectivity index (χ2n) is 13.8. The Morgan fingerprint density at radius 3 is 2.20 bits per heavy atom. The highest BCUT2D eigenvalue weighted by Crippen LogP contribution is 2.62. The minimum absolute atomic E-state index is 0.0392. The van der Waals surface area contributed by atoms with E-state index in [1.165, 1.54) is 44.1 Å². The number of benzene rings is 2. The Morgan fingerprint density at radius 1 is 1.04 bits per heavy atom. The van der Waals surface area contributed by atoms with Gasteiger partial charge in [-0.05, 0) is 56.1 Å². The number of nitrogens with two attached hydrogens (primary N) is 1. The molecule has 0 radical (unpaired) electrons. The van der Waals surface area contributed by atoms with Crippen LogP contribution in [0.25, 0.3) is 0 Å². The number of nitrogens with one attached hydrogen (secondary N) is 2. The van der Waals surface area contributed by atoms with Crippen molar-refractivity contribution in [2.75, 3.05) is 43.7 Å². The molecule has 0 spiro atoms. The number of carbonyl (C=O) groups is 6. The third kappa shape index (κ3) is 5.04. The lowest BCUT2D eigenvalue weighted by Crippen LogP contribution is -2.79. The van der Waals surface area contributed by atoms with Gasteiger partial charge in [0.05, 0.1) is 28.1 Å². The van der Waals surface area contributed by atoms with E-state index in [1.807, 2.05) is 0 Å². The van der Waals surface area contributed by atoms with E-state index in [-0.39, 0.29) is 34.8 Å². The van der Waals surface area contributed by atoms with Crippen molar-refractivity contribution in [3.8, 4) is 5.75 Å². The number of rotatable bonds is 6. The Labute approximate surface area is 284 Å². The van der Waals surface area contributed by atoms with Gasteiger partial charge in [-0.1, -0.05) is 25.4 Å². The molecule has 2 aromatic rings. The maximum absolute atomic E-state index is 14.5. The summed E-state index contributed by atoms with van der Waals surface area (Å²) in [7, 11) is 6.28. The van der Waals surface area contributed by atoms with Gasteiger partial charge in [-0.3, -0.25) is 39.0 Å². The van der Waals surface area contributed by atoms with Gasteiger partial charge >= 0.3 is 6.03 Å². The Morgan fingerprint density at radius 2 is 1.65 bits per heavy atom. The molecule has 6 N–H and O–H groups in total. The van der Waals surface area contributed by atoms with Gasteiger partial charge in [0, 0.05) is 36.3 Å². The van der Waals surface area contributed by atoms with Crippen LogP contribution in [0.4, 0.5) is 27.5 Å². The second-order valence-corrected chi connectivity index (χ2v) is 14.2. The summed E-state index contributed by atoms with van der Waals surface area (Å²) in [5.74, 6) is -10.4. The first kappa shape index (κ1) is 35.4. The second kappa shape index (κ2) is 11.6. The van der Waals surface area contributed by atoms with Crippen molar-refractivity contribution in [1.82, 2.24) is 4.90 Å². The lowest BCUT2D eigenvalue weighted by molar-refractivity contribution is -0.383. The molecule has 2 fully saturated rings. The maximum atomic E-state index is 14.5. The largest absolute Gasteiger partial charge is 0.505 e. The zero-order valence-corrected chi connectivity index (χ0v) is 28.2. The standard InChI is InChI=1S/C32H35ClN6O10/c1-30-11-14-17(37(3)4)10-16(36-29(46)35-15-8-7-13(33)9-18(15)39(48)49)22(40)19(14)23(41)21(30)27(44)32(47)26(43)20(28(34)45)24(42)25(38(5)6)31(32,2)12-30/h7-10,20-21,25,40,47H,11-12H2,1-6H3,(H2,34,45)(H2,35,36,46)/t20?,21?,25-,30+,31+,32-/m1/s1. The third-order valence-electron chi connectivity index (χ3n) is 10.1. The number of hydrogen-bond acceptors (Lipinski definition) is 12. The number of nitro groups is 1. The number of halogens is 1. The van der Waals surface area contributed by atoms with Gasteiger partial charge in [-0.15, -0.1) is 0 Å². The number of Topliss-reactive ketones (excluding diaryl/α,β-unsaturated/α-hetero) is 4. The summed E-state index contributed by atoms with van der Waals surface area (Å²) in [4.78, 5) is 95.5. The fourth-order valence-electron chi connectivity index (χ4n) is 8.30. The normalized spacial score (nSPS) is 29.1. The number of carbonyl (C=O) groups excluding carboxylic acids is 6. The summed E-state index contributed by atoms with van der Waals surface area (Å²) in [5, 5.41) is 39.9. The first-order valence-electron chi connectivity index (χ1n) is 15.0. The molecule has 2 aromatic carbocycles. The molecule has 3 aliphatic carbocycles. The highest BCUT2D eigenvalue weighted by atomic mass is 35.5. The average Bonchev–Trinajstić information content (AvgIpc) is 2.96. The number of fused-ring (bicyclic) bond motifs is 3. The van der Waals surface area contributed by atoms with E-state index in [2.05, 4.69) is 10.6 Å². The SMILES string of the molecule is CN(C)c1cc(NC(=O)Nc2ccc(Cl)cc2[N+](=O)[O-])c(O)c2c1C[C@@]1(C)C[C@@]3(C)[C@H](N(C)C)C(=O)C(C(N)=O)C(=O)[C@@]3(O)C(=O)C1C2=O. The first-order valence-corrected chi connectivity index (χ1v) is 15.4. The molecule has 3 amide bonds. The third-order valence-corrected chi connectivity index (χ3v) is 10.3. The predicted octanol–water partition coefficient (Wildman–Crippen LogP) is 1.92. The predicted molar refractivity (Wildman–Crippen MR) is 176 cm³/mol. The number of phenols is 1. The number of amides is 3. The molecule has 0 aromatic heterocycles. The van der Waals surface area contributed by atoms with E-state index in [4.69, 9.17) is 17.3 Å². The number of aromatic hydroxyl groups is 1. The molecule has 16 nitrogen and oxygen atoms in total. The quantitative estimate of drug-likeness (QED) is 0.126. The van der Waals surface area contributed by atoms with Crippen LogP contribution in [0.15, 0.2) is 24.3 Å². The molecular weight excluding hydrogens is 664 g/mol. The van der Waals surface area contributed by atoms with E-state index >= 15 is 0 Å². The molecule has 0 heterocycles. The molecule has 2 unspecified atom stereocenters. The Kier molecular flexibility index (Phi) is 8.37. The fraction of sp³-hybridized carbons (Fsp3) is 0.438. The van der Waals surface area contributed by atoms with Crippen LogP contribution in [0.3, 0.4) is 0 Å². The number of nitrogens with zero attached hydrogens (tertiary/aromatic N) is 3. The fourth-order valence-corrected chi connectivity index (χ4v) is 8.47. The zero-order chi connectivity index (χ0) is 36.7. The number of urea groups is 1. The Hall–Kier alpha value is -4.93. The molecule has 3 aliphatic rings. The Balaban J connectivity index is 1.63. The summed E-state index contributed by atoms with van der Waals surface area (Å²) < 4.78 is 0. The van der Waals surface area contributed by atoms with Crippen molar-refractivity contribution < 1.29 is 43.9 Å². The van der Waals surface area contributed by atoms with Crippen LogP contribution in [-0.2, 0) is 25.6 Å². The molecule has 260 valence electrons. The summed E-state index contributed by atoms with van der Waals surface area (Å²) in [5.41, 5.74) is -1.34. The monoisotopic (exact) mass is 698 g/mol. The molecule has 0 saturated heterocycles. The van der Waals surface area contributed by atoms with Gasteiger partial charge in [0.1, 0.15) is 11.4 Å². The molecule has 0 aliphatic heterocycles. The zero-order valence-electron chi connectivity index (χ0n) is 27.4. The van der Waals surface area contributed by atoms with Crippen LogP contribution in [0.1, 0.15) is 36.2 Å². The molecule has 0 bridgehead atoms. The average molecular weight is 699 g/mol. The van der Waals surface area contributed by atoms with Crippen LogP contribution in [0.5, 0.6) is 5.75 Å². The minimum Gasteiger partial charge on any atom is -0.505 e. The smallest absolute Gasteiger partial charge is 0.323 e. The lowest BCUT2D eigenvalue weighted by Gasteiger charge is -2.61. The summed E-state index contributed by atoms with van der Waals surface area (Å²) >= 11 is 5.86. The first-order chi connectivity index (χ1) is 22.6. The van der Waals surface area contributed by atoms with Crippen LogP contribution in [0.2, 0.25) is 5.02 Å². The summed E-state index contributed by atoms with van der Waals surface area (Å²) in [6.45, 7) is 3.03. The number of likely N-dealkylation sites (N-methyl/N-ethyl adjacent to an activating group) is 1. The molecule has 5 rings (SSSR count). The molecule has 6 atom stereocenters. The van der Waals surface area contributed by atoms with Crippen molar-refractivity contribution >= 4 is 69.4 Å². The van der Waals surface area contributed by atoms with Crippen molar-refractivity contribution in [2.24, 2.45) is 28.4 Å². The summed E-state index contributed by atoms with van der Waals surface area (Å²) in [6, 6.07) is 2.61. The molecule has 2 saturated carbocycles.